The predicted octanol–water partition coefficient (Wildman–Crippen LogP) is 5.21. The van der Waals surface area contributed by atoms with Gasteiger partial charge in [-0.05, 0) is 50.6 Å². The van der Waals surface area contributed by atoms with Gasteiger partial charge in [0, 0.05) is 34.6 Å². The molecule has 7 heteroatoms. The molecule has 1 unspecified atom stereocenters. The topological polar surface area (TPSA) is 97.5 Å². The Morgan fingerprint density at radius 1 is 0.865 bits per heavy atom. The lowest BCUT2D eigenvalue weighted by molar-refractivity contribution is -0.157. The number of hydrogen-bond acceptors (Lipinski definition) is 5. The van der Waals surface area contributed by atoms with Crippen molar-refractivity contribution in [2.75, 3.05) is 0 Å². The molecule has 0 aliphatic heterocycles. The van der Waals surface area contributed by atoms with Crippen LogP contribution in [0.2, 0.25) is 0 Å². The maximum atomic E-state index is 13.4. The summed E-state index contributed by atoms with van der Waals surface area (Å²) >= 11 is 0. The largest absolute Gasteiger partial charge is 0.458 e. The summed E-state index contributed by atoms with van der Waals surface area (Å²) < 4.78 is 11.1. The molecule has 7 nitrogen and oxygen atoms in total. The van der Waals surface area contributed by atoms with Crippen LogP contribution in [0.15, 0.2) is 85.1 Å². The molecule has 0 saturated heterocycles. The molecule has 3 aromatic carbocycles. The van der Waals surface area contributed by atoms with E-state index in [1.54, 1.807) is 69.3 Å². The van der Waals surface area contributed by atoms with Crippen LogP contribution in [-0.4, -0.2) is 34.5 Å². The van der Waals surface area contributed by atoms with Gasteiger partial charge in [-0.3, -0.25) is 4.79 Å². The normalized spacial score (nSPS) is 12.1. The van der Waals surface area contributed by atoms with Crippen molar-refractivity contribution in [1.29, 1.82) is 0 Å². The highest BCUT2D eigenvalue weighted by Gasteiger charge is 2.29. The van der Waals surface area contributed by atoms with Crippen LogP contribution in [0.5, 0.6) is 0 Å². The van der Waals surface area contributed by atoms with Crippen LogP contribution in [0.1, 0.15) is 52.6 Å². The van der Waals surface area contributed by atoms with E-state index >= 15 is 0 Å². The van der Waals surface area contributed by atoms with Gasteiger partial charge in [-0.2, -0.15) is 0 Å². The molecule has 0 aliphatic carbocycles. The van der Waals surface area contributed by atoms with Crippen molar-refractivity contribution in [3.05, 3.63) is 107 Å². The molecule has 0 saturated carbocycles. The standard InChI is InChI=1S/C30H30N2O5/c1-30(2,3)37-29(35)26(17-22-18-31-25-16-10-9-14-23(22)25)32-27(33)24-15-8-7-13-21(24)19-36-28(34)20-11-5-4-6-12-20/h4-16,18,26,31H,17,19H2,1-3H3,(H,32,33). The number of benzene rings is 3. The van der Waals surface area contributed by atoms with E-state index in [2.05, 4.69) is 10.3 Å². The summed E-state index contributed by atoms with van der Waals surface area (Å²) in [5, 5.41) is 3.82. The predicted molar refractivity (Wildman–Crippen MR) is 141 cm³/mol. The van der Waals surface area contributed by atoms with Crippen molar-refractivity contribution >= 4 is 28.7 Å². The third-order valence-electron chi connectivity index (χ3n) is 5.73. The molecule has 190 valence electrons. The Balaban J connectivity index is 1.53. The minimum atomic E-state index is -0.925. The Hall–Kier alpha value is -4.39. The number of H-pyrrole nitrogens is 1. The van der Waals surface area contributed by atoms with Crippen molar-refractivity contribution in [1.82, 2.24) is 10.3 Å². The average Bonchev–Trinajstić information content (AvgIpc) is 3.29. The minimum Gasteiger partial charge on any atom is -0.458 e. The number of carbonyl (C=O) groups excluding carboxylic acids is 3. The maximum Gasteiger partial charge on any atom is 0.338 e. The highest BCUT2D eigenvalue weighted by molar-refractivity contribution is 5.98. The van der Waals surface area contributed by atoms with Crippen LogP contribution in [0.25, 0.3) is 10.9 Å². The molecule has 1 aromatic heterocycles. The molecule has 0 fully saturated rings. The first-order chi connectivity index (χ1) is 17.7. The molecule has 1 amide bonds. The average molecular weight is 499 g/mol. The number of amides is 1. The van der Waals surface area contributed by atoms with Gasteiger partial charge >= 0.3 is 11.9 Å². The van der Waals surface area contributed by atoms with E-state index < -0.39 is 29.5 Å². The number of para-hydroxylation sites is 1. The first-order valence-corrected chi connectivity index (χ1v) is 12.1. The third-order valence-corrected chi connectivity index (χ3v) is 5.73. The third kappa shape index (κ3) is 6.64. The van der Waals surface area contributed by atoms with E-state index in [9.17, 15) is 14.4 Å². The molecule has 4 rings (SSSR count). The summed E-state index contributed by atoms with van der Waals surface area (Å²) in [6, 6.07) is 22.3. The second-order valence-corrected chi connectivity index (χ2v) is 9.72. The number of hydrogen-bond donors (Lipinski definition) is 2. The quantitative estimate of drug-likeness (QED) is 0.325. The van der Waals surface area contributed by atoms with E-state index in [1.807, 2.05) is 36.5 Å². The fourth-order valence-corrected chi connectivity index (χ4v) is 3.99. The van der Waals surface area contributed by atoms with Gasteiger partial charge in [0.25, 0.3) is 5.91 Å². The molecule has 1 atom stereocenters. The van der Waals surface area contributed by atoms with Crippen LogP contribution < -0.4 is 5.32 Å². The molecule has 1 heterocycles. The first-order valence-electron chi connectivity index (χ1n) is 12.1. The van der Waals surface area contributed by atoms with Crippen molar-refractivity contribution < 1.29 is 23.9 Å². The first kappa shape index (κ1) is 25.7. The van der Waals surface area contributed by atoms with E-state index in [0.717, 1.165) is 16.5 Å². The van der Waals surface area contributed by atoms with Crippen LogP contribution >= 0.6 is 0 Å². The van der Waals surface area contributed by atoms with Crippen molar-refractivity contribution in [3.8, 4) is 0 Å². The summed E-state index contributed by atoms with van der Waals surface area (Å²) in [5.41, 5.74) is 2.38. The zero-order chi connectivity index (χ0) is 26.4. The van der Waals surface area contributed by atoms with Crippen LogP contribution in [-0.2, 0) is 27.3 Å². The van der Waals surface area contributed by atoms with Crippen LogP contribution in [0.4, 0.5) is 0 Å². The molecule has 0 spiro atoms. The molecule has 0 aliphatic rings. The number of fused-ring (bicyclic) bond motifs is 1. The number of nitrogens with one attached hydrogen (secondary N) is 2. The minimum absolute atomic E-state index is 0.0864. The van der Waals surface area contributed by atoms with Gasteiger partial charge in [0.05, 0.1) is 5.56 Å². The van der Waals surface area contributed by atoms with Crippen molar-refractivity contribution in [2.24, 2.45) is 0 Å². The number of esters is 2. The second kappa shape index (κ2) is 11.1. The SMILES string of the molecule is CC(C)(C)OC(=O)C(Cc1c[nH]c2ccccc12)NC(=O)c1ccccc1COC(=O)c1ccccc1. The van der Waals surface area contributed by atoms with Crippen molar-refractivity contribution in [2.45, 2.75) is 45.4 Å². The summed E-state index contributed by atoms with van der Waals surface area (Å²) in [6.07, 6.45) is 2.08. The number of rotatable bonds is 8. The van der Waals surface area contributed by atoms with Crippen LogP contribution in [0.3, 0.4) is 0 Å². The van der Waals surface area contributed by atoms with Gasteiger partial charge < -0.3 is 19.8 Å². The maximum absolute atomic E-state index is 13.4. The lowest BCUT2D eigenvalue weighted by atomic mass is 10.0. The number of aromatic nitrogens is 1. The lowest BCUT2D eigenvalue weighted by Crippen LogP contribution is -2.45. The van der Waals surface area contributed by atoms with Gasteiger partial charge in [0.15, 0.2) is 0 Å². The van der Waals surface area contributed by atoms with E-state index in [1.165, 1.54) is 0 Å². The van der Waals surface area contributed by atoms with E-state index in [0.29, 0.717) is 16.7 Å². The molecule has 0 bridgehead atoms. The highest BCUT2D eigenvalue weighted by Crippen LogP contribution is 2.21. The molecular weight excluding hydrogens is 468 g/mol. The Morgan fingerprint density at radius 2 is 1.54 bits per heavy atom. The van der Waals surface area contributed by atoms with Crippen molar-refractivity contribution in [3.63, 3.8) is 0 Å². The van der Waals surface area contributed by atoms with Gasteiger partial charge in [-0.15, -0.1) is 0 Å². The molecule has 0 radical (unpaired) electrons. The van der Waals surface area contributed by atoms with Gasteiger partial charge in [-0.25, -0.2) is 9.59 Å². The van der Waals surface area contributed by atoms with E-state index in [4.69, 9.17) is 9.47 Å². The molecule has 2 N–H and O–H groups in total. The summed E-state index contributed by atoms with van der Waals surface area (Å²) in [7, 11) is 0. The Labute approximate surface area is 215 Å². The molecular formula is C30H30N2O5. The van der Waals surface area contributed by atoms with Gasteiger partial charge in [-0.1, -0.05) is 54.6 Å². The van der Waals surface area contributed by atoms with Crippen LogP contribution in [0, 0.1) is 0 Å². The highest BCUT2D eigenvalue weighted by atomic mass is 16.6. The summed E-state index contributed by atoms with van der Waals surface area (Å²) in [5.74, 6) is -1.47. The Kier molecular flexibility index (Phi) is 7.72. The Bertz CT molecular complexity index is 1400. The fraction of sp³-hybridized carbons (Fsp3) is 0.233. The number of aromatic amines is 1. The smallest absolute Gasteiger partial charge is 0.338 e. The zero-order valence-corrected chi connectivity index (χ0v) is 21.1. The Morgan fingerprint density at radius 3 is 2.30 bits per heavy atom. The van der Waals surface area contributed by atoms with E-state index in [-0.39, 0.29) is 13.0 Å². The number of carbonyl (C=O) groups is 3. The monoisotopic (exact) mass is 498 g/mol. The lowest BCUT2D eigenvalue weighted by Gasteiger charge is -2.25. The molecule has 4 aromatic rings. The second-order valence-electron chi connectivity index (χ2n) is 9.72. The zero-order valence-electron chi connectivity index (χ0n) is 21.1. The molecule has 37 heavy (non-hydrogen) atoms. The van der Waals surface area contributed by atoms with Gasteiger partial charge in [0.1, 0.15) is 18.2 Å². The fourth-order valence-electron chi connectivity index (χ4n) is 3.99. The van der Waals surface area contributed by atoms with Gasteiger partial charge in [0.2, 0.25) is 0 Å². The number of ether oxygens (including phenoxy) is 2. The summed E-state index contributed by atoms with van der Waals surface area (Å²) in [6.45, 7) is 5.26. The summed E-state index contributed by atoms with van der Waals surface area (Å²) in [4.78, 5) is 42.1.